The van der Waals surface area contributed by atoms with Crippen LogP contribution < -0.4 is 4.74 Å². The number of sulfonamides is 1. The average Bonchev–Trinajstić information content (AvgIpc) is 2.82. The van der Waals surface area contributed by atoms with E-state index in [1.54, 1.807) is 19.1 Å². The standard InChI is InChI=1S/C23H30N2O5S/c1-23(19-26,12-13-24-14-16-30-17-15-24)25(18-20-6-4-3-5-7-20)31(27,28)22-10-8-21(29-2)9-11-22/h3-11,19H,12-18H2,1-2H3. The van der Waals surface area contributed by atoms with Crippen LogP contribution in [0.1, 0.15) is 18.9 Å². The number of benzene rings is 2. The van der Waals surface area contributed by atoms with Gasteiger partial charge in [-0.25, -0.2) is 8.42 Å². The molecule has 1 atom stereocenters. The van der Waals surface area contributed by atoms with E-state index in [-0.39, 0.29) is 11.4 Å². The summed E-state index contributed by atoms with van der Waals surface area (Å²) in [6.45, 7) is 5.27. The SMILES string of the molecule is COc1ccc(S(=O)(=O)N(Cc2ccccc2)C(C)(C=O)CCN2CCOCC2)cc1. The van der Waals surface area contributed by atoms with E-state index in [1.807, 2.05) is 30.3 Å². The molecule has 0 spiro atoms. The summed E-state index contributed by atoms with van der Waals surface area (Å²) in [7, 11) is -2.42. The molecule has 0 bridgehead atoms. The Morgan fingerprint density at radius 1 is 1.10 bits per heavy atom. The molecular formula is C23H30N2O5S. The Kier molecular flexibility index (Phi) is 7.83. The second-order valence-electron chi connectivity index (χ2n) is 7.85. The lowest BCUT2D eigenvalue weighted by Gasteiger charge is -2.38. The van der Waals surface area contributed by atoms with Crippen molar-refractivity contribution in [2.75, 3.05) is 40.0 Å². The number of carbonyl (C=O) groups is 1. The summed E-state index contributed by atoms with van der Waals surface area (Å²) >= 11 is 0. The summed E-state index contributed by atoms with van der Waals surface area (Å²) in [6.07, 6.45) is 1.15. The van der Waals surface area contributed by atoms with Gasteiger partial charge in [-0.3, -0.25) is 4.90 Å². The zero-order valence-electron chi connectivity index (χ0n) is 18.1. The van der Waals surface area contributed by atoms with Gasteiger partial charge in [0.15, 0.2) is 0 Å². The first-order valence-corrected chi connectivity index (χ1v) is 11.8. The van der Waals surface area contributed by atoms with Crippen molar-refractivity contribution < 1.29 is 22.7 Å². The Labute approximate surface area is 184 Å². The molecule has 3 rings (SSSR count). The number of methoxy groups -OCH3 is 1. The van der Waals surface area contributed by atoms with Gasteiger partial charge in [0.25, 0.3) is 0 Å². The molecule has 1 unspecified atom stereocenters. The maximum Gasteiger partial charge on any atom is 0.244 e. The minimum absolute atomic E-state index is 0.105. The van der Waals surface area contributed by atoms with Crippen LogP contribution in [-0.2, 0) is 26.1 Å². The Hall–Kier alpha value is -2.26. The third-order valence-corrected chi connectivity index (χ3v) is 7.67. The Balaban J connectivity index is 1.93. The Bertz CT molecular complexity index is 944. The minimum Gasteiger partial charge on any atom is -0.497 e. The summed E-state index contributed by atoms with van der Waals surface area (Å²) in [4.78, 5) is 14.7. The Morgan fingerprint density at radius 3 is 2.32 bits per heavy atom. The largest absolute Gasteiger partial charge is 0.497 e. The summed E-state index contributed by atoms with van der Waals surface area (Å²) in [5, 5.41) is 0. The highest BCUT2D eigenvalue weighted by atomic mass is 32.2. The molecule has 2 aromatic rings. The Morgan fingerprint density at radius 2 is 1.74 bits per heavy atom. The van der Waals surface area contributed by atoms with E-state index in [2.05, 4.69) is 4.90 Å². The summed E-state index contributed by atoms with van der Waals surface area (Å²) in [5.41, 5.74) is -0.383. The van der Waals surface area contributed by atoms with Crippen molar-refractivity contribution in [3.05, 3.63) is 60.2 Å². The first kappa shape index (κ1) is 23.4. The fourth-order valence-corrected chi connectivity index (χ4v) is 5.35. The second kappa shape index (κ2) is 10.4. The van der Waals surface area contributed by atoms with E-state index in [4.69, 9.17) is 9.47 Å². The molecule has 0 saturated carbocycles. The molecule has 0 radical (unpaired) electrons. The van der Waals surface area contributed by atoms with E-state index in [1.165, 1.54) is 23.5 Å². The van der Waals surface area contributed by atoms with Gasteiger partial charge in [-0.2, -0.15) is 4.31 Å². The summed E-state index contributed by atoms with van der Waals surface area (Å²) < 4.78 is 39.2. The van der Waals surface area contributed by atoms with Gasteiger partial charge >= 0.3 is 0 Å². The maximum absolute atomic E-state index is 13.7. The van der Waals surface area contributed by atoms with Crippen LogP contribution in [0.2, 0.25) is 0 Å². The van der Waals surface area contributed by atoms with Crippen LogP contribution in [0.15, 0.2) is 59.5 Å². The van der Waals surface area contributed by atoms with E-state index in [9.17, 15) is 13.2 Å². The number of nitrogens with zero attached hydrogens (tertiary/aromatic N) is 2. The zero-order chi connectivity index (χ0) is 22.3. The van der Waals surface area contributed by atoms with Gasteiger partial charge in [-0.05, 0) is 43.2 Å². The lowest BCUT2D eigenvalue weighted by molar-refractivity contribution is -0.116. The molecule has 1 fully saturated rings. The number of aldehydes is 1. The van der Waals surface area contributed by atoms with Crippen LogP contribution in [0, 0.1) is 0 Å². The molecule has 1 aliphatic rings. The molecule has 0 amide bonds. The fraction of sp³-hybridized carbons (Fsp3) is 0.435. The summed E-state index contributed by atoms with van der Waals surface area (Å²) in [6, 6.07) is 15.6. The van der Waals surface area contributed by atoms with Gasteiger partial charge in [0.2, 0.25) is 10.0 Å². The predicted octanol–water partition coefficient (Wildman–Crippen LogP) is 2.57. The van der Waals surface area contributed by atoms with Crippen molar-refractivity contribution in [1.82, 2.24) is 9.21 Å². The van der Waals surface area contributed by atoms with Crippen molar-refractivity contribution in [1.29, 1.82) is 0 Å². The lowest BCUT2D eigenvalue weighted by atomic mass is 9.98. The molecule has 0 aromatic heterocycles. The number of hydrogen-bond acceptors (Lipinski definition) is 6. The molecule has 7 nitrogen and oxygen atoms in total. The molecule has 1 saturated heterocycles. The number of carbonyl (C=O) groups excluding carboxylic acids is 1. The van der Waals surface area contributed by atoms with E-state index in [0.29, 0.717) is 31.9 Å². The molecule has 8 heteroatoms. The maximum atomic E-state index is 13.7. The third kappa shape index (κ3) is 5.71. The van der Waals surface area contributed by atoms with Crippen molar-refractivity contribution in [2.24, 2.45) is 0 Å². The van der Waals surface area contributed by atoms with E-state index in [0.717, 1.165) is 24.9 Å². The highest BCUT2D eigenvalue weighted by Crippen LogP contribution is 2.30. The predicted molar refractivity (Wildman–Crippen MR) is 119 cm³/mol. The van der Waals surface area contributed by atoms with Gasteiger partial charge in [-0.15, -0.1) is 0 Å². The number of morpholine rings is 1. The van der Waals surface area contributed by atoms with Crippen LogP contribution >= 0.6 is 0 Å². The highest BCUT2D eigenvalue weighted by Gasteiger charge is 2.41. The van der Waals surface area contributed by atoms with Crippen LogP contribution in [0.25, 0.3) is 0 Å². The molecule has 0 N–H and O–H groups in total. The smallest absolute Gasteiger partial charge is 0.244 e. The van der Waals surface area contributed by atoms with Gasteiger partial charge in [0.1, 0.15) is 12.0 Å². The first-order chi connectivity index (χ1) is 14.9. The third-order valence-electron chi connectivity index (χ3n) is 5.68. The first-order valence-electron chi connectivity index (χ1n) is 10.4. The molecule has 2 aromatic carbocycles. The van der Waals surface area contributed by atoms with Gasteiger partial charge in [0.05, 0.1) is 30.8 Å². The number of hydrogen-bond donors (Lipinski definition) is 0. The van der Waals surface area contributed by atoms with Crippen LogP contribution in [0.5, 0.6) is 5.75 Å². The molecular weight excluding hydrogens is 416 g/mol. The number of ether oxygens (including phenoxy) is 2. The van der Waals surface area contributed by atoms with Crippen molar-refractivity contribution >= 4 is 16.3 Å². The topological polar surface area (TPSA) is 76.2 Å². The van der Waals surface area contributed by atoms with Gasteiger partial charge in [-0.1, -0.05) is 30.3 Å². The minimum atomic E-state index is -3.94. The lowest BCUT2D eigenvalue weighted by Crippen LogP contribution is -2.52. The van der Waals surface area contributed by atoms with Crippen LogP contribution in [0.3, 0.4) is 0 Å². The second-order valence-corrected chi connectivity index (χ2v) is 9.71. The average molecular weight is 447 g/mol. The normalized spacial score (nSPS) is 17.3. The fourth-order valence-electron chi connectivity index (χ4n) is 3.62. The van der Waals surface area contributed by atoms with E-state index >= 15 is 0 Å². The van der Waals surface area contributed by atoms with E-state index < -0.39 is 15.6 Å². The molecule has 1 aliphatic heterocycles. The van der Waals surface area contributed by atoms with Crippen molar-refractivity contribution in [3.8, 4) is 5.75 Å². The monoisotopic (exact) mass is 446 g/mol. The number of rotatable bonds is 10. The molecule has 168 valence electrons. The highest BCUT2D eigenvalue weighted by molar-refractivity contribution is 7.89. The van der Waals surface area contributed by atoms with Crippen molar-refractivity contribution in [3.63, 3.8) is 0 Å². The molecule has 31 heavy (non-hydrogen) atoms. The molecule has 0 aliphatic carbocycles. The zero-order valence-corrected chi connectivity index (χ0v) is 18.9. The molecule has 1 heterocycles. The van der Waals surface area contributed by atoms with Crippen LogP contribution in [-0.4, -0.2) is 69.4 Å². The van der Waals surface area contributed by atoms with Crippen LogP contribution in [0.4, 0.5) is 0 Å². The van der Waals surface area contributed by atoms with Gasteiger partial charge < -0.3 is 14.3 Å². The van der Waals surface area contributed by atoms with Gasteiger partial charge in [0, 0.05) is 26.2 Å². The summed E-state index contributed by atoms with van der Waals surface area (Å²) in [5.74, 6) is 0.569. The quantitative estimate of drug-likeness (QED) is 0.522. The van der Waals surface area contributed by atoms with Crippen molar-refractivity contribution in [2.45, 2.75) is 30.3 Å².